The molecule has 3 aliphatic heterocycles. The average molecular weight is 695 g/mol. The summed E-state index contributed by atoms with van der Waals surface area (Å²) in [7, 11) is 0. The summed E-state index contributed by atoms with van der Waals surface area (Å²) in [5, 5.41) is 0.699. The van der Waals surface area contributed by atoms with E-state index in [9.17, 15) is 0 Å². The quantitative estimate of drug-likeness (QED) is 0.271. The fraction of sp³-hybridized carbons (Fsp3) is 0.583. The maximum atomic E-state index is 3.04. The van der Waals surface area contributed by atoms with Gasteiger partial charge in [-0.2, -0.15) is 0 Å². The van der Waals surface area contributed by atoms with E-state index in [2.05, 4.69) is 88.4 Å². The van der Waals surface area contributed by atoms with E-state index in [1.807, 2.05) is 10.5 Å². The van der Waals surface area contributed by atoms with E-state index < -0.39 is 0 Å². The SMILES string of the molecule is C1=CC2=C(CC1)N(C1=CCCCC1)C1C2C=CCC1C1=CC2=C(CC1)N(C1=C3SC4C=CCCC4C3C(C3=CCCCC3)CC1)C1CCC=CC21. The Morgan fingerprint density at radius 2 is 1.45 bits per heavy atom. The first-order valence-corrected chi connectivity index (χ1v) is 22.4. The molecular formula is C48H58N2S. The number of allylic oxidation sites excluding steroid dienone is 14. The van der Waals surface area contributed by atoms with Crippen molar-refractivity contribution in [2.24, 2.45) is 35.5 Å². The summed E-state index contributed by atoms with van der Waals surface area (Å²) in [4.78, 5) is 7.81. The summed E-state index contributed by atoms with van der Waals surface area (Å²) >= 11 is 2.32. The van der Waals surface area contributed by atoms with Crippen molar-refractivity contribution < 1.29 is 0 Å². The van der Waals surface area contributed by atoms with E-state index in [0.717, 1.165) is 17.8 Å². The van der Waals surface area contributed by atoms with Crippen LogP contribution in [0.25, 0.3) is 0 Å². The lowest BCUT2D eigenvalue weighted by molar-refractivity contribution is 0.216. The van der Waals surface area contributed by atoms with Gasteiger partial charge in [-0.25, -0.2) is 0 Å². The lowest BCUT2D eigenvalue weighted by Gasteiger charge is -2.44. The topological polar surface area (TPSA) is 6.48 Å². The second-order valence-electron chi connectivity index (χ2n) is 17.8. The normalized spacial score (nSPS) is 39.7. The maximum absolute atomic E-state index is 3.04. The van der Waals surface area contributed by atoms with Gasteiger partial charge in [0.1, 0.15) is 0 Å². The standard InChI is InChI=1S/C48H58N2S/c1-3-14-31(15-4-1)34-27-29-44(48-46(34)39-20-9-12-25-45(39)51-48)50-42-24-11-8-19-37(42)40-30-32(26-28-43(40)50)35-21-13-22-38-36-18-7-10-23-41(36)49(47(35)38)33-16-5-2-6-17-33/h7-8,12-14,16,18-19,22,25,30,34-35,37-39,42,45-47H,1-6,9-11,15,17,20-21,23-24,26-29H2. The molecule has 2 nitrogen and oxygen atoms in total. The zero-order valence-corrected chi connectivity index (χ0v) is 31.6. The molecule has 0 aromatic carbocycles. The highest BCUT2D eigenvalue weighted by Crippen LogP contribution is 2.62. The Balaban J connectivity index is 0.979. The Hall–Kier alpha value is -2.65. The van der Waals surface area contributed by atoms with Crippen molar-refractivity contribution in [1.29, 1.82) is 0 Å². The molecule has 266 valence electrons. The Morgan fingerprint density at radius 3 is 2.35 bits per heavy atom. The highest BCUT2D eigenvalue weighted by Gasteiger charge is 2.52. The maximum Gasteiger partial charge on any atom is 0.0508 e. The predicted molar refractivity (Wildman–Crippen MR) is 213 cm³/mol. The summed E-state index contributed by atoms with van der Waals surface area (Å²) in [6, 6.07) is 1.19. The van der Waals surface area contributed by atoms with Gasteiger partial charge >= 0.3 is 0 Å². The number of hydrogen-bond donors (Lipinski definition) is 0. The van der Waals surface area contributed by atoms with Crippen LogP contribution in [0, 0.1) is 35.5 Å². The van der Waals surface area contributed by atoms with Crippen LogP contribution in [-0.4, -0.2) is 27.1 Å². The molecule has 11 rings (SSSR count). The summed E-state index contributed by atoms with van der Waals surface area (Å²) in [6.45, 7) is 0. The largest absolute Gasteiger partial charge is 0.344 e. The first kappa shape index (κ1) is 31.8. The van der Waals surface area contributed by atoms with Crippen molar-refractivity contribution in [3.05, 3.63) is 117 Å². The van der Waals surface area contributed by atoms with Gasteiger partial charge in [-0.3, -0.25) is 0 Å². The molecule has 3 heteroatoms. The van der Waals surface area contributed by atoms with Gasteiger partial charge in [0, 0.05) is 62.7 Å². The number of fused-ring (bicyclic) bond motifs is 7. The molecule has 0 spiro atoms. The number of thioether (sulfide) groups is 1. The third-order valence-electron chi connectivity index (χ3n) is 15.3. The zero-order chi connectivity index (χ0) is 33.5. The summed E-state index contributed by atoms with van der Waals surface area (Å²) < 4.78 is 0. The van der Waals surface area contributed by atoms with E-state index >= 15 is 0 Å². The predicted octanol–water partition coefficient (Wildman–Crippen LogP) is 12.4. The minimum atomic E-state index is 0.548. The van der Waals surface area contributed by atoms with Crippen molar-refractivity contribution in [1.82, 2.24) is 9.80 Å². The minimum absolute atomic E-state index is 0.548. The highest BCUT2D eigenvalue weighted by molar-refractivity contribution is 8.04. The zero-order valence-electron chi connectivity index (χ0n) is 30.8. The van der Waals surface area contributed by atoms with Crippen LogP contribution in [0.5, 0.6) is 0 Å². The first-order chi connectivity index (χ1) is 25.3. The van der Waals surface area contributed by atoms with E-state index in [0.29, 0.717) is 35.1 Å². The molecule has 8 aliphatic carbocycles. The Kier molecular flexibility index (Phi) is 8.14. The molecule has 0 aromatic rings. The van der Waals surface area contributed by atoms with E-state index in [-0.39, 0.29) is 0 Å². The highest BCUT2D eigenvalue weighted by atomic mass is 32.2. The molecule has 0 radical (unpaired) electrons. The fourth-order valence-corrected chi connectivity index (χ4v) is 15.0. The van der Waals surface area contributed by atoms with Gasteiger partial charge in [0.05, 0.1) is 6.04 Å². The minimum Gasteiger partial charge on any atom is -0.344 e. The van der Waals surface area contributed by atoms with Gasteiger partial charge in [0.2, 0.25) is 0 Å². The molecule has 1 saturated heterocycles. The third kappa shape index (κ3) is 5.09. The van der Waals surface area contributed by atoms with Gasteiger partial charge in [0.15, 0.2) is 0 Å². The summed E-state index contributed by atoms with van der Waals surface area (Å²) in [6.07, 6.45) is 53.4. The van der Waals surface area contributed by atoms with Crippen molar-refractivity contribution >= 4 is 11.8 Å². The van der Waals surface area contributed by atoms with Crippen molar-refractivity contribution in [2.45, 2.75) is 139 Å². The fourth-order valence-electron chi connectivity index (χ4n) is 13.2. The molecule has 9 unspecified atom stereocenters. The van der Waals surface area contributed by atoms with E-state index in [1.54, 1.807) is 39.5 Å². The van der Waals surface area contributed by atoms with Crippen LogP contribution in [0.3, 0.4) is 0 Å². The van der Waals surface area contributed by atoms with Crippen molar-refractivity contribution in [3.63, 3.8) is 0 Å². The Labute approximate surface area is 312 Å². The molecule has 9 atom stereocenters. The molecule has 51 heavy (non-hydrogen) atoms. The smallest absolute Gasteiger partial charge is 0.0508 e. The van der Waals surface area contributed by atoms with E-state index in [1.165, 1.54) is 122 Å². The van der Waals surface area contributed by atoms with E-state index in [4.69, 9.17) is 0 Å². The first-order valence-electron chi connectivity index (χ1n) is 21.5. The average Bonchev–Trinajstić information content (AvgIpc) is 3.86. The third-order valence-corrected chi connectivity index (χ3v) is 16.9. The monoisotopic (exact) mass is 694 g/mol. The molecule has 0 N–H and O–H groups in total. The molecule has 3 heterocycles. The summed E-state index contributed by atoms with van der Waals surface area (Å²) in [5.74, 6) is 4.12. The van der Waals surface area contributed by atoms with Gasteiger partial charge in [-0.1, -0.05) is 78.0 Å². The molecular weight excluding hydrogens is 637 g/mol. The van der Waals surface area contributed by atoms with Crippen LogP contribution in [0.4, 0.5) is 0 Å². The number of nitrogens with zero attached hydrogens (tertiary/aromatic N) is 2. The van der Waals surface area contributed by atoms with Crippen LogP contribution in [-0.2, 0) is 0 Å². The molecule has 0 aromatic heterocycles. The lowest BCUT2D eigenvalue weighted by Crippen LogP contribution is -2.42. The van der Waals surface area contributed by atoms with Crippen LogP contribution in [0.15, 0.2) is 117 Å². The Morgan fingerprint density at radius 1 is 0.588 bits per heavy atom. The van der Waals surface area contributed by atoms with Crippen LogP contribution < -0.4 is 0 Å². The second-order valence-corrected chi connectivity index (χ2v) is 19.0. The Bertz CT molecular complexity index is 1790. The molecule has 1 fully saturated rings. The summed E-state index contributed by atoms with van der Waals surface area (Å²) in [5.41, 5.74) is 13.8. The number of rotatable bonds is 4. The second kappa shape index (κ2) is 13.0. The molecule has 0 saturated carbocycles. The van der Waals surface area contributed by atoms with Gasteiger partial charge in [-0.05, 0) is 145 Å². The van der Waals surface area contributed by atoms with Crippen LogP contribution in [0.2, 0.25) is 0 Å². The van der Waals surface area contributed by atoms with Gasteiger partial charge < -0.3 is 9.80 Å². The van der Waals surface area contributed by atoms with Crippen LogP contribution in [0.1, 0.15) is 122 Å². The lowest BCUT2D eigenvalue weighted by atomic mass is 9.67. The van der Waals surface area contributed by atoms with Crippen molar-refractivity contribution in [2.75, 3.05) is 0 Å². The van der Waals surface area contributed by atoms with Gasteiger partial charge in [0.25, 0.3) is 0 Å². The number of hydrogen-bond acceptors (Lipinski definition) is 3. The molecule has 0 bridgehead atoms. The van der Waals surface area contributed by atoms with Gasteiger partial charge in [-0.15, -0.1) is 11.8 Å². The molecule has 0 amide bonds. The van der Waals surface area contributed by atoms with Crippen LogP contribution >= 0.6 is 11.8 Å². The molecule has 11 aliphatic rings. The van der Waals surface area contributed by atoms with Crippen molar-refractivity contribution in [3.8, 4) is 0 Å².